The van der Waals surface area contributed by atoms with E-state index >= 15 is 0 Å². The number of hydrogen-bond acceptors (Lipinski definition) is 2. The van der Waals surface area contributed by atoms with Crippen LogP contribution >= 0.6 is 0 Å². The second kappa shape index (κ2) is 5.31. The van der Waals surface area contributed by atoms with Crippen LogP contribution in [-0.4, -0.2) is 17.0 Å². The maximum atomic E-state index is 12.2. The molecule has 0 radical (unpaired) electrons. The molecule has 0 bridgehead atoms. The molecule has 2 nitrogen and oxygen atoms in total. The zero-order chi connectivity index (χ0) is 16.4. The Morgan fingerprint density at radius 3 is 2.39 bits per heavy atom. The molecular formula is C21H34O2. The zero-order valence-corrected chi connectivity index (χ0v) is 15.2. The van der Waals surface area contributed by atoms with E-state index in [2.05, 4.69) is 13.8 Å². The molecule has 0 heterocycles. The van der Waals surface area contributed by atoms with Gasteiger partial charge in [0.15, 0.2) is 0 Å². The molecule has 0 aromatic heterocycles. The van der Waals surface area contributed by atoms with Gasteiger partial charge in [0.1, 0.15) is 5.78 Å². The highest BCUT2D eigenvalue weighted by molar-refractivity contribution is 5.79. The fraction of sp³-hybridized carbons (Fsp3) is 0.952. The number of rotatable bonds is 1. The molecule has 1 N–H and O–H groups in total. The van der Waals surface area contributed by atoms with Gasteiger partial charge in [-0.2, -0.15) is 0 Å². The Morgan fingerprint density at radius 1 is 0.913 bits per heavy atom. The quantitative estimate of drug-likeness (QED) is 0.767. The van der Waals surface area contributed by atoms with Crippen LogP contribution < -0.4 is 0 Å². The van der Waals surface area contributed by atoms with Crippen LogP contribution in [0.15, 0.2) is 0 Å². The molecule has 2 heteroatoms. The van der Waals surface area contributed by atoms with Crippen molar-refractivity contribution in [2.75, 3.05) is 0 Å². The van der Waals surface area contributed by atoms with Crippen LogP contribution in [0.3, 0.4) is 0 Å². The van der Waals surface area contributed by atoms with Gasteiger partial charge in [0.25, 0.3) is 0 Å². The summed E-state index contributed by atoms with van der Waals surface area (Å²) in [6.45, 7) is 6.70. The topological polar surface area (TPSA) is 37.3 Å². The van der Waals surface area contributed by atoms with Crippen LogP contribution in [0.5, 0.6) is 0 Å². The number of carbonyl (C=O) groups excluding carboxylic acids is 1. The number of ketones is 1. The molecule has 8 atom stereocenters. The third-order valence-corrected chi connectivity index (χ3v) is 9.08. The normalized spacial score (nSPS) is 55.7. The van der Waals surface area contributed by atoms with E-state index in [4.69, 9.17) is 0 Å². The summed E-state index contributed by atoms with van der Waals surface area (Å²) in [5.74, 6) is 3.35. The Labute approximate surface area is 141 Å². The molecule has 4 aliphatic rings. The first-order valence-corrected chi connectivity index (χ1v) is 10.1. The number of aliphatic hydroxyl groups is 1. The third-order valence-electron chi connectivity index (χ3n) is 9.08. The van der Waals surface area contributed by atoms with Gasteiger partial charge in [-0.15, -0.1) is 0 Å². The second-order valence-corrected chi connectivity index (χ2v) is 9.82. The van der Waals surface area contributed by atoms with E-state index in [-0.39, 0.29) is 17.4 Å². The number of aliphatic hydroxyl groups excluding tert-OH is 1. The van der Waals surface area contributed by atoms with Crippen molar-refractivity contribution in [1.82, 2.24) is 0 Å². The van der Waals surface area contributed by atoms with Crippen molar-refractivity contribution in [3.63, 3.8) is 0 Å². The first kappa shape index (κ1) is 16.1. The molecule has 0 aromatic carbocycles. The van der Waals surface area contributed by atoms with E-state index < -0.39 is 0 Å². The Morgan fingerprint density at radius 2 is 1.65 bits per heavy atom. The van der Waals surface area contributed by atoms with Crippen LogP contribution in [0.2, 0.25) is 0 Å². The number of hydrogen-bond donors (Lipinski definition) is 1. The van der Waals surface area contributed by atoms with Gasteiger partial charge in [-0.1, -0.05) is 26.7 Å². The van der Waals surface area contributed by atoms with Crippen LogP contribution in [0, 0.1) is 40.4 Å². The van der Waals surface area contributed by atoms with E-state index in [9.17, 15) is 9.90 Å². The highest BCUT2D eigenvalue weighted by atomic mass is 16.3. The number of Topliss-reactive ketones (excluding diaryl/α,β-unsaturated/α-hetero) is 1. The van der Waals surface area contributed by atoms with Crippen LogP contribution in [0.4, 0.5) is 0 Å². The molecule has 0 unspecified atom stereocenters. The van der Waals surface area contributed by atoms with Gasteiger partial charge in [0.05, 0.1) is 6.10 Å². The Kier molecular flexibility index (Phi) is 3.72. The van der Waals surface area contributed by atoms with Crippen molar-refractivity contribution < 1.29 is 9.90 Å². The van der Waals surface area contributed by atoms with E-state index in [0.29, 0.717) is 29.0 Å². The van der Waals surface area contributed by atoms with Gasteiger partial charge in [-0.05, 0) is 86.4 Å². The monoisotopic (exact) mass is 318 g/mol. The fourth-order valence-corrected chi connectivity index (χ4v) is 8.02. The highest BCUT2D eigenvalue weighted by Crippen LogP contribution is 2.67. The number of carbonyl (C=O) groups is 1. The molecule has 4 aliphatic carbocycles. The average molecular weight is 319 g/mol. The molecule has 4 saturated carbocycles. The van der Waals surface area contributed by atoms with Crippen LogP contribution in [0.1, 0.15) is 78.6 Å². The summed E-state index contributed by atoms with van der Waals surface area (Å²) in [4.78, 5) is 12.2. The maximum Gasteiger partial charge on any atom is 0.133 e. The molecule has 130 valence electrons. The van der Waals surface area contributed by atoms with Crippen molar-refractivity contribution in [2.45, 2.75) is 84.7 Å². The minimum absolute atomic E-state index is 0.0970. The van der Waals surface area contributed by atoms with Crippen molar-refractivity contribution in [1.29, 1.82) is 0 Å². The summed E-state index contributed by atoms with van der Waals surface area (Å²) in [6.07, 6.45) is 11.0. The van der Waals surface area contributed by atoms with E-state index in [1.807, 2.05) is 0 Å². The maximum absolute atomic E-state index is 12.2. The second-order valence-electron chi connectivity index (χ2n) is 9.82. The molecule has 4 rings (SSSR count). The van der Waals surface area contributed by atoms with Gasteiger partial charge in [0.2, 0.25) is 0 Å². The molecule has 0 amide bonds. The first-order valence-electron chi connectivity index (χ1n) is 10.1. The summed E-state index contributed by atoms with van der Waals surface area (Å²) >= 11 is 0. The van der Waals surface area contributed by atoms with Crippen molar-refractivity contribution in [3.05, 3.63) is 0 Å². The van der Waals surface area contributed by atoms with Gasteiger partial charge in [-0.25, -0.2) is 0 Å². The average Bonchev–Trinajstić information content (AvgIpc) is 2.85. The molecule has 23 heavy (non-hydrogen) atoms. The molecule has 0 saturated heterocycles. The summed E-state index contributed by atoms with van der Waals surface area (Å²) in [7, 11) is 0. The predicted octanol–water partition coefficient (Wildman–Crippen LogP) is 4.60. The largest absolute Gasteiger partial charge is 0.393 e. The van der Waals surface area contributed by atoms with Crippen LogP contribution in [0.25, 0.3) is 0 Å². The van der Waals surface area contributed by atoms with Gasteiger partial charge >= 0.3 is 0 Å². The molecular weight excluding hydrogens is 284 g/mol. The Bertz CT molecular complexity index is 500. The standard InChI is InChI=1S/C21H34O2/c1-13(22)15-7-8-16-14-12-19(23)18-6-4-5-10-20(18,2)17(14)9-11-21(15,16)3/h14-19,23H,4-12H2,1-3H3/t14-,15+,16-,17-,18-,19+,20-,21+/m1/s1. The lowest BCUT2D eigenvalue weighted by Gasteiger charge is -2.61. The Hall–Kier alpha value is -0.370. The lowest BCUT2D eigenvalue weighted by atomic mass is 9.44. The molecule has 4 fully saturated rings. The van der Waals surface area contributed by atoms with Gasteiger partial charge < -0.3 is 5.11 Å². The lowest BCUT2D eigenvalue weighted by Crippen LogP contribution is -2.57. The lowest BCUT2D eigenvalue weighted by molar-refractivity contribution is -0.159. The van der Waals surface area contributed by atoms with E-state index in [1.54, 1.807) is 6.92 Å². The summed E-state index contributed by atoms with van der Waals surface area (Å²) in [5, 5.41) is 10.9. The minimum atomic E-state index is -0.0970. The third kappa shape index (κ3) is 2.12. The molecule has 0 aliphatic heterocycles. The van der Waals surface area contributed by atoms with Crippen molar-refractivity contribution >= 4 is 5.78 Å². The van der Waals surface area contributed by atoms with Gasteiger partial charge in [0, 0.05) is 5.92 Å². The summed E-state index contributed by atoms with van der Waals surface area (Å²) < 4.78 is 0. The van der Waals surface area contributed by atoms with Crippen molar-refractivity contribution in [2.24, 2.45) is 40.4 Å². The minimum Gasteiger partial charge on any atom is -0.393 e. The zero-order valence-electron chi connectivity index (χ0n) is 15.2. The SMILES string of the molecule is CC(=O)[C@@H]1CC[C@@H]2[C@H]3C[C@H](O)[C@H]4CCCC[C@]4(C)[C@@H]3CC[C@]21C. The van der Waals surface area contributed by atoms with E-state index in [0.717, 1.165) is 18.8 Å². The van der Waals surface area contributed by atoms with E-state index in [1.165, 1.54) is 44.9 Å². The molecule has 0 spiro atoms. The number of fused-ring (bicyclic) bond motifs is 5. The summed E-state index contributed by atoms with van der Waals surface area (Å²) in [6, 6.07) is 0. The smallest absolute Gasteiger partial charge is 0.133 e. The van der Waals surface area contributed by atoms with Gasteiger partial charge in [-0.3, -0.25) is 4.79 Å². The van der Waals surface area contributed by atoms with Crippen molar-refractivity contribution in [3.8, 4) is 0 Å². The Balaban J connectivity index is 1.67. The molecule has 0 aromatic rings. The highest BCUT2D eigenvalue weighted by Gasteiger charge is 2.61. The summed E-state index contributed by atoms with van der Waals surface area (Å²) in [5.41, 5.74) is 0.570. The fourth-order valence-electron chi connectivity index (χ4n) is 8.02. The van der Waals surface area contributed by atoms with Crippen LogP contribution in [-0.2, 0) is 4.79 Å². The predicted molar refractivity (Wildman–Crippen MR) is 91.9 cm³/mol. The first-order chi connectivity index (χ1) is 10.9.